The van der Waals surface area contributed by atoms with Crippen LogP contribution in [0.15, 0.2) is 29.3 Å². The first-order chi connectivity index (χ1) is 9.72. The summed E-state index contributed by atoms with van der Waals surface area (Å²) in [6.45, 7) is 2.07. The summed E-state index contributed by atoms with van der Waals surface area (Å²) < 4.78 is 0. The van der Waals surface area contributed by atoms with Gasteiger partial charge in [-0.15, -0.1) is 0 Å². The molecular formula is C15H20ClN3S. The number of guanidine groups is 1. The minimum atomic E-state index is 0.394. The van der Waals surface area contributed by atoms with E-state index in [1.807, 2.05) is 23.9 Å². The summed E-state index contributed by atoms with van der Waals surface area (Å²) in [7, 11) is 0. The van der Waals surface area contributed by atoms with Crippen LogP contribution in [0.4, 0.5) is 0 Å². The predicted octanol–water partition coefficient (Wildman–Crippen LogP) is 2.95. The molecule has 2 fully saturated rings. The maximum Gasteiger partial charge on any atom is 0.191 e. The van der Waals surface area contributed by atoms with E-state index >= 15 is 0 Å². The van der Waals surface area contributed by atoms with Gasteiger partial charge in [-0.05, 0) is 36.5 Å². The highest BCUT2D eigenvalue weighted by Crippen LogP contribution is 2.39. The average Bonchev–Trinajstić information content (AvgIpc) is 2.44. The Morgan fingerprint density at radius 3 is 2.50 bits per heavy atom. The molecule has 0 bridgehead atoms. The average molecular weight is 310 g/mol. The van der Waals surface area contributed by atoms with Crippen molar-refractivity contribution in [3.05, 3.63) is 34.9 Å². The van der Waals surface area contributed by atoms with E-state index < -0.39 is 0 Å². The molecule has 20 heavy (non-hydrogen) atoms. The summed E-state index contributed by atoms with van der Waals surface area (Å²) in [6, 6.07) is 8.57. The van der Waals surface area contributed by atoms with Gasteiger partial charge in [0.25, 0.3) is 0 Å². The topological polar surface area (TPSA) is 41.6 Å². The van der Waals surface area contributed by atoms with Crippen LogP contribution in [0.25, 0.3) is 0 Å². The van der Waals surface area contributed by atoms with Gasteiger partial charge in [0, 0.05) is 29.6 Å². The Labute approximate surface area is 129 Å². The highest BCUT2D eigenvalue weighted by molar-refractivity contribution is 7.99. The lowest BCUT2D eigenvalue weighted by molar-refractivity contribution is 0.345. The molecule has 0 unspecified atom stereocenters. The van der Waals surface area contributed by atoms with Crippen molar-refractivity contribution in [2.24, 2.45) is 10.7 Å². The molecule has 1 heterocycles. The van der Waals surface area contributed by atoms with E-state index in [9.17, 15) is 0 Å². The summed E-state index contributed by atoms with van der Waals surface area (Å²) in [6.07, 6.45) is 2.20. The third-order valence-corrected chi connectivity index (χ3v) is 5.30. The van der Waals surface area contributed by atoms with Crippen molar-refractivity contribution in [3.8, 4) is 0 Å². The zero-order valence-corrected chi connectivity index (χ0v) is 13.0. The summed E-state index contributed by atoms with van der Waals surface area (Å²) in [5.74, 6) is 3.68. The minimum Gasteiger partial charge on any atom is -0.370 e. The number of aliphatic imine (C=N–C) groups is 1. The number of rotatable bonds is 2. The second-order valence-electron chi connectivity index (χ2n) is 5.46. The third-order valence-electron chi connectivity index (χ3n) is 4.10. The van der Waals surface area contributed by atoms with Crippen molar-refractivity contribution in [3.63, 3.8) is 0 Å². The van der Waals surface area contributed by atoms with Crippen LogP contribution in [0.3, 0.4) is 0 Å². The Morgan fingerprint density at radius 1 is 1.20 bits per heavy atom. The van der Waals surface area contributed by atoms with Crippen molar-refractivity contribution >= 4 is 29.3 Å². The van der Waals surface area contributed by atoms with Gasteiger partial charge >= 0.3 is 0 Å². The maximum atomic E-state index is 6.11. The van der Waals surface area contributed by atoms with Crippen molar-refractivity contribution in [1.29, 1.82) is 0 Å². The molecule has 5 heteroatoms. The number of hydrogen-bond donors (Lipinski definition) is 1. The molecule has 3 nitrogen and oxygen atoms in total. The number of benzene rings is 1. The Morgan fingerprint density at radius 2 is 1.85 bits per heavy atom. The second-order valence-corrected chi connectivity index (χ2v) is 7.12. The van der Waals surface area contributed by atoms with Gasteiger partial charge in [0.2, 0.25) is 0 Å². The van der Waals surface area contributed by atoms with Gasteiger partial charge in [0.05, 0.1) is 6.04 Å². The molecule has 0 aromatic heterocycles. The molecule has 0 amide bonds. The molecule has 1 saturated heterocycles. The monoisotopic (exact) mass is 309 g/mol. The molecule has 0 atom stereocenters. The summed E-state index contributed by atoms with van der Waals surface area (Å²) >= 11 is 7.91. The molecule has 1 aliphatic carbocycles. The second kappa shape index (κ2) is 6.27. The summed E-state index contributed by atoms with van der Waals surface area (Å²) in [5, 5.41) is 0.801. The van der Waals surface area contributed by atoms with E-state index in [0.29, 0.717) is 12.0 Å². The first-order valence-electron chi connectivity index (χ1n) is 7.14. The standard InChI is InChI=1S/C15H20ClN3S/c16-13-3-1-11(2-4-13)12-9-14(10-12)18-15(17)19-5-7-20-8-6-19/h1-4,12,14H,5-10H2,(H2,17,18). The highest BCUT2D eigenvalue weighted by Gasteiger charge is 2.30. The fourth-order valence-electron chi connectivity index (χ4n) is 2.76. The third kappa shape index (κ3) is 3.23. The van der Waals surface area contributed by atoms with Gasteiger partial charge < -0.3 is 10.6 Å². The zero-order chi connectivity index (χ0) is 13.9. The first kappa shape index (κ1) is 14.1. The van der Waals surface area contributed by atoms with Crippen molar-refractivity contribution in [2.75, 3.05) is 24.6 Å². The fourth-order valence-corrected chi connectivity index (χ4v) is 3.79. The predicted molar refractivity (Wildman–Crippen MR) is 87.7 cm³/mol. The lowest BCUT2D eigenvalue weighted by Gasteiger charge is -2.35. The molecule has 3 rings (SSSR count). The molecule has 1 aromatic rings. The lowest BCUT2D eigenvalue weighted by atomic mass is 9.76. The Hall–Kier alpha value is -0.870. The van der Waals surface area contributed by atoms with Crippen LogP contribution in [0.5, 0.6) is 0 Å². The molecular weight excluding hydrogens is 290 g/mol. The van der Waals surface area contributed by atoms with E-state index in [0.717, 1.165) is 48.4 Å². The van der Waals surface area contributed by atoms with Crippen LogP contribution < -0.4 is 5.73 Å². The highest BCUT2D eigenvalue weighted by atomic mass is 35.5. The molecule has 0 spiro atoms. The van der Waals surface area contributed by atoms with Crippen LogP contribution in [0.2, 0.25) is 5.02 Å². The van der Waals surface area contributed by atoms with E-state index in [2.05, 4.69) is 22.0 Å². The molecule has 2 aliphatic rings. The van der Waals surface area contributed by atoms with Crippen molar-refractivity contribution < 1.29 is 0 Å². The smallest absolute Gasteiger partial charge is 0.191 e. The van der Waals surface area contributed by atoms with E-state index in [-0.39, 0.29) is 0 Å². The zero-order valence-electron chi connectivity index (χ0n) is 11.5. The van der Waals surface area contributed by atoms with Crippen LogP contribution >= 0.6 is 23.4 Å². The normalized spacial score (nSPS) is 27.2. The molecule has 1 aromatic carbocycles. The van der Waals surface area contributed by atoms with Crippen molar-refractivity contribution in [2.45, 2.75) is 24.8 Å². The van der Waals surface area contributed by atoms with Crippen LogP contribution in [0, 0.1) is 0 Å². The van der Waals surface area contributed by atoms with E-state index in [1.54, 1.807) is 0 Å². The molecule has 2 N–H and O–H groups in total. The minimum absolute atomic E-state index is 0.394. The van der Waals surface area contributed by atoms with Crippen LogP contribution in [-0.2, 0) is 0 Å². The number of nitrogens with two attached hydrogens (primary N) is 1. The Kier molecular flexibility index (Phi) is 4.41. The number of thioether (sulfide) groups is 1. The van der Waals surface area contributed by atoms with Crippen molar-refractivity contribution in [1.82, 2.24) is 4.90 Å². The first-order valence-corrected chi connectivity index (χ1v) is 8.67. The molecule has 1 aliphatic heterocycles. The Balaban J connectivity index is 1.53. The van der Waals surface area contributed by atoms with Gasteiger partial charge in [-0.25, -0.2) is 4.99 Å². The van der Waals surface area contributed by atoms with Gasteiger partial charge in [-0.2, -0.15) is 11.8 Å². The summed E-state index contributed by atoms with van der Waals surface area (Å²) in [4.78, 5) is 6.90. The number of halogens is 1. The quantitative estimate of drug-likeness (QED) is 0.674. The van der Waals surface area contributed by atoms with Gasteiger partial charge in [0.15, 0.2) is 5.96 Å². The fraction of sp³-hybridized carbons (Fsp3) is 0.533. The number of nitrogens with zero attached hydrogens (tertiary/aromatic N) is 2. The summed E-state index contributed by atoms with van der Waals surface area (Å²) in [5.41, 5.74) is 7.48. The van der Waals surface area contributed by atoms with E-state index in [4.69, 9.17) is 17.3 Å². The van der Waals surface area contributed by atoms with Crippen LogP contribution in [0.1, 0.15) is 24.3 Å². The SMILES string of the molecule is NC(=NC1CC(c2ccc(Cl)cc2)C1)N1CCSCC1. The lowest BCUT2D eigenvalue weighted by Crippen LogP contribution is -2.44. The molecule has 108 valence electrons. The van der Waals surface area contributed by atoms with Gasteiger partial charge in [0.1, 0.15) is 0 Å². The van der Waals surface area contributed by atoms with Crippen LogP contribution in [-0.4, -0.2) is 41.5 Å². The van der Waals surface area contributed by atoms with Gasteiger partial charge in [-0.1, -0.05) is 23.7 Å². The molecule has 1 saturated carbocycles. The van der Waals surface area contributed by atoms with E-state index in [1.165, 1.54) is 5.56 Å². The number of hydrogen-bond acceptors (Lipinski definition) is 2. The molecule has 0 radical (unpaired) electrons. The Bertz CT molecular complexity index is 476. The maximum absolute atomic E-state index is 6.11. The van der Waals surface area contributed by atoms with Gasteiger partial charge in [-0.3, -0.25) is 0 Å². The largest absolute Gasteiger partial charge is 0.370 e.